The van der Waals surface area contributed by atoms with Gasteiger partial charge < -0.3 is 10.8 Å². The maximum atomic E-state index is 12.2. The first-order valence-electron chi connectivity index (χ1n) is 5.33. The average molecular weight is 293 g/mol. The molecule has 0 aliphatic carbocycles. The minimum Gasteiger partial charge on any atom is -0.399 e. The first-order chi connectivity index (χ1) is 8.06. The second-order valence-electron chi connectivity index (χ2n) is 4.69. The van der Waals surface area contributed by atoms with E-state index < -0.39 is 21.7 Å². The van der Waals surface area contributed by atoms with Gasteiger partial charge in [-0.1, -0.05) is 11.6 Å². The van der Waals surface area contributed by atoms with Crippen molar-refractivity contribution in [2.75, 3.05) is 5.73 Å². The van der Waals surface area contributed by atoms with Crippen molar-refractivity contribution in [1.29, 1.82) is 0 Å². The summed E-state index contributed by atoms with van der Waals surface area (Å²) in [7, 11) is -3.84. The highest BCUT2D eigenvalue weighted by Crippen LogP contribution is 2.25. The topological polar surface area (TPSA) is 92.4 Å². The monoisotopic (exact) mass is 292 g/mol. The van der Waals surface area contributed by atoms with Gasteiger partial charge in [-0.15, -0.1) is 0 Å². The van der Waals surface area contributed by atoms with E-state index in [1.165, 1.54) is 25.1 Å². The summed E-state index contributed by atoms with van der Waals surface area (Å²) >= 11 is 5.85. The molecule has 0 aromatic heterocycles. The quantitative estimate of drug-likeness (QED) is 0.731. The van der Waals surface area contributed by atoms with Gasteiger partial charge in [-0.3, -0.25) is 0 Å². The summed E-state index contributed by atoms with van der Waals surface area (Å²) in [6.07, 6.45) is -0.855. The molecule has 1 atom stereocenters. The van der Waals surface area contributed by atoms with Crippen LogP contribution in [0.1, 0.15) is 20.8 Å². The summed E-state index contributed by atoms with van der Waals surface area (Å²) in [6, 6.07) is 4.21. The van der Waals surface area contributed by atoms with E-state index in [1.807, 2.05) is 0 Å². The fourth-order valence-electron chi connectivity index (χ4n) is 1.21. The Kier molecular flexibility index (Phi) is 4.27. The van der Waals surface area contributed by atoms with Crippen molar-refractivity contribution in [3.63, 3.8) is 0 Å². The molecule has 0 fully saturated rings. The number of aliphatic hydroxyl groups is 1. The van der Waals surface area contributed by atoms with E-state index >= 15 is 0 Å². The zero-order valence-corrected chi connectivity index (χ0v) is 12.0. The molecule has 0 amide bonds. The van der Waals surface area contributed by atoms with Crippen LogP contribution in [0.25, 0.3) is 0 Å². The number of hydrogen-bond acceptors (Lipinski definition) is 4. The van der Waals surface area contributed by atoms with E-state index in [0.717, 1.165) is 0 Å². The van der Waals surface area contributed by atoms with Gasteiger partial charge in [0.25, 0.3) is 0 Å². The molecule has 0 aliphatic heterocycles. The first kappa shape index (κ1) is 15.2. The molecule has 0 saturated carbocycles. The third-order valence-corrected chi connectivity index (χ3v) is 4.84. The van der Waals surface area contributed by atoms with Gasteiger partial charge >= 0.3 is 0 Å². The Bertz CT molecular complexity index is 541. The molecule has 1 unspecified atom stereocenters. The van der Waals surface area contributed by atoms with Crippen LogP contribution in [-0.2, 0) is 10.0 Å². The number of anilines is 1. The molecule has 0 aliphatic rings. The fraction of sp³-hybridized carbons (Fsp3) is 0.455. The number of hydrogen-bond donors (Lipinski definition) is 3. The van der Waals surface area contributed by atoms with Gasteiger partial charge in [0.1, 0.15) is 4.90 Å². The molecule has 1 aromatic carbocycles. The molecule has 5 nitrogen and oxygen atoms in total. The summed E-state index contributed by atoms with van der Waals surface area (Å²) in [4.78, 5) is -0.0992. The summed E-state index contributed by atoms with van der Waals surface area (Å²) in [5.41, 5.74) is 4.84. The van der Waals surface area contributed by atoms with Gasteiger partial charge in [-0.25, -0.2) is 13.1 Å². The van der Waals surface area contributed by atoms with Gasteiger partial charge in [-0.2, -0.15) is 0 Å². The van der Waals surface area contributed by atoms with Crippen molar-refractivity contribution in [2.24, 2.45) is 0 Å². The van der Waals surface area contributed by atoms with Gasteiger partial charge in [0.05, 0.1) is 16.7 Å². The number of nitrogen functional groups attached to an aromatic ring is 1. The molecule has 1 aromatic rings. The Balaban J connectivity index is 3.19. The maximum absolute atomic E-state index is 12.2. The minimum atomic E-state index is -3.84. The number of sulfonamides is 1. The molecule has 0 bridgehead atoms. The van der Waals surface area contributed by atoms with E-state index in [9.17, 15) is 13.5 Å². The minimum absolute atomic E-state index is 0.0816. The molecule has 7 heteroatoms. The van der Waals surface area contributed by atoms with Crippen LogP contribution in [0.4, 0.5) is 5.69 Å². The summed E-state index contributed by atoms with van der Waals surface area (Å²) in [6.45, 7) is 4.66. The van der Waals surface area contributed by atoms with Crippen LogP contribution in [0.3, 0.4) is 0 Å². The third-order valence-electron chi connectivity index (χ3n) is 2.69. The normalized spacial score (nSPS) is 14.5. The smallest absolute Gasteiger partial charge is 0.242 e. The highest BCUT2D eigenvalue weighted by molar-refractivity contribution is 7.89. The largest absolute Gasteiger partial charge is 0.399 e. The lowest BCUT2D eigenvalue weighted by Crippen LogP contribution is -2.50. The highest BCUT2D eigenvalue weighted by Gasteiger charge is 2.31. The number of benzene rings is 1. The van der Waals surface area contributed by atoms with Crippen LogP contribution in [-0.4, -0.2) is 25.2 Å². The van der Waals surface area contributed by atoms with E-state index in [4.69, 9.17) is 17.3 Å². The van der Waals surface area contributed by atoms with Crippen molar-refractivity contribution in [3.8, 4) is 0 Å². The number of halogens is 1. The van der Waals surface area contributed by atoms with Crippen LogP contribution in [0, 0.1) is 0 Å². The molecular formula is C11H17ClN2O3S. The van der Waals surface area contributed by atoms with Gasteiger partial charge in [0, 0.05) is 5.69 Å². The SMILES string of the molecule is CC(O)C(C)(C)NS(=O)(=O)c1cc(N)ccc1Cl. The molecular weight excluding hydrogens is 276 g/mol. The molecule has 4 N–H and O–H groups in total. The number of nitrogens with two attached hydrogens (primary N) is 1. The van der Waals surface area contributed by atoms with Crippen LogP contribution >= 0.6 is 11.6 Å². The fourth-order valence-corrected chi connectivity index (χ4v) is 3.22. The molecule has 102 valence electrons. The highest BCUT2D eigenvalue weighted by atomic mass is 35.5. The Morgan fingerprint density at radius 2 is 2.00 bits per heavy atom. The molecule has 1 rings (SSSR count). The van der Waals surface area contributed by atoms with E-state index in [1.54, 1.807) is 13.8 Å². The van der Waals surface area contributed by atoms with Crippen molar-refractivity contribution in [1.82, 2.24) is 4.72 Å². The van der Waals surface area contributed by atoms with Crippen molar-refractivity contribution in [2.45, 2.75) is 37.3 Å². The molecule has 18 heavy (non-hydrogen) atoms. The Morgan fingerprint density at radius 1 is 1.44 bits per heavy atom. The predicted octanol–water partition coefficient (Wildman–Crippen LogP) is 1.36. The number of nitrogens with one attached hydrogen (secondary N) is 1. The molecule has 0 heterocycles. The Hall–Kier alpha value is -0.820. The molecule has 0 saturated heterocycles. The zero-order valence-electron chi connectivity index (χ0n) is 10.4. The number of rotatable bonds is 4. The van der Waals surface area contributed by atoms with Crippen molar-refractivity contribution < 1.29 is 13.5 Å². The summed E-state index contributed by atoms with van der Waals surface area (Å²) < 4.78 is 26.7. The number of aliphatic hydroxyl groups excluding tert-OH is 1. The lowest BCUT2D eigenvalue weighted by atomic mass is 10.0. The van der Waals surface area contributed by atoms with Crippen LogP contribution in [0.5, 0.6) is 0 Å². The third kappa shape index (κ3) is 3.35. The Labute approximate surface area is 112 Å². The summed E-state index contributed by atoms with van der Waals surface area (Å²) in [5.74, 6) is 0. The van der Waals surface area contributed by atoms with Crippen LogP contribution in [0.15, 0.2) is 23.1 Å². The maximum Gasteiger partial charge on any atom is 0.242 e. The second-order valence-corrected chi connectivity index (χ2v) is 6.75. The molecule has 0 spiro atoms. The van der Waals surface area contributed by atoms with Gasteiger partial charge in [-0.05, 0) is 39.0 Å². The molecule has 0 radical (unpaired) electrons. The summed E-state index contributed by atoms with van der Waals surface area (Å²) in [5, 5.41) is 9.61. The van der Waals surface area contributed by atoms with Crippen LogP contribution in [0.2, 0.25) is 5.02 Å². The lowest BCUT2D eigenvalue weighted by molar-refractivity contribution is 0.111. The Morgan fingerprint density at radius 3 is 2.50 bits per heavy atom. The van der Waals surface area contributed by atoms with Gasteiger partial charge in [0.15, 0.2) is 0 Å². The average Bonchev–Trinajstić information content (AvgIpc) is 2.19. The van der Waals surface area contributed by atoms with E-state index in [-0.39, 0.29) is 9.92 Å². The van der Waals surface area contributed by atoms with Crippen LogP contribution < -0.4 is 10.5 Å². The second kappa shape index (κ2) is 5.05. The van der Waals surface area contributed by atoms with Crippen molar-refractivity contribution >= 4 is 27.3 Å². The standard InChI is InChI=1S/C11H17ClN2O3S/c1-7(15)11(2,3)14-18(16,17)10-6-8(13)4-5-9(10)12/h4-7,14-15H,13H2,1-3H3. The van der Waals surface area contributed by atoms with Gasteiger partial charge in [0.2, 0.25) is 10.0 Å². The zero-order chi connectivity index (χ0) is 14.1. The first-order valence-corrected chi connectivity index (χ1v) is 7.19. The predicted molar refractivity (Wildman–Crippen MR) is 71.9 cm³/mol. The van der Waals surface area contributed by atoms with E-state index in [0.29, 0.717) is 5.69 Å². The lowest BCUT2D eigenvalue weighted by Gasteiger charge is -2.29. The van der Waals surface area contributed by atoms with E-state index in [2.05, 4.69) is 4.72 Å². The van der Waals surface area contributed by atoms with Crippen molar-refractivity contribution in [3.05, 3.63) is 23.2 Å².